The molecule has 6 nitrogen and oxygen atoms in total. The van der Waals surface area contributed by atoms with Gasteiger partial charge in [0.1, 0.15) is 5.69 Å². The van der Waals surface area contributed by atoms with E-state index in [1.165, 1.54) is 10.6 Å². The highest BCUT2D eigenvalue weighted by atomic mass is 32.1. The number of nitrogens with one attached hydrogen (secondary N) is 1. The molecule has 3 N–H and O–H groups in total. The molecule has 0 fully saturated rings. The van der Waals surface area contributed by atoms with E-state index in [4.69, 9.17) is 0 Å². The summed E-state index contributed by atoms with van der Waals surface area (Å²) in [5, 5.41) is 25.4. The standard InChI is InChI=1S/C24H23N3O3S/c1-26(2)20-14-22(28)27(24(20)30)15-16-8-10-17(11-9-16)23(29)25-19-6-3-5-18(13-19)21-7-4-12-31-21/h3-14,28,30H,15H2,1-2H3,(H,25,29). The number of carbonyl (C=O) groups is 1. The molecular weight excluding hydrogens is 410 g/mol. The Kier molecular flexibility index (Phi) is 5.68. The molecule has 0 radical (unpaired) electrons. The number of hydrogen-bond acceptors (Lipinski definition) is 5. The fraction of sp³-hybridized carbons (Fsp3) is 0.125. The fourth-order valence-corrected chi connectivity index (χ4v) is 4.06. The van der Waals surface area contributed by atoms with Gasteiger partial charge in [-0.25, -0.2) is 0 Å². The Bertz CT molecular complexity index is 1200. The first-order valence-electron chi connectivity index (χ1n) is 9.75. The summed E-state index contributed by atoms with van der Waals surface area (Å²) in [5.74, 6) is -0.222. The number of thiophene rings is 1. The first-order valence-corrected chi connectivity index (χ1v) is 10.6. The Morgan fingerprint density at radius 1 is 1.03 bits per heavy atom. The second-order valence-corrected chi connectivity index (χ2v) is 8.35. The number of carbonyl (C=O) groups excluding carboxylic acids is 1. The molecule has 0 saturated carbocycles. The Labute approximate surface area is 184 Å². The molecule has 2 aromatic heterocycles. The van der Waals surface area contributed by atoms with Gasteiger partial charge in [-0.1, -0.05) is 30.3 Å². The van der Waals surface area contributed by atoms with Crippen LogP contribution in [0.5, 0.6) is 11.8 Å². The molecule has 4 aromatic rings. The molecule has 0 atom stereocenters. The predicted molar refractivity (Wildman–Crippen MR) is 125 cm³/mol. The lowest BCUT2D eigenvalue weighted by atomic mass is 10.1. The normalized spacial score (nSPS) is 10.8. The van der Waals surface area contributed by atoms with E-state index in [0.29, 0.717) is 11.3 Å². The monoisotopic (exact) mass is 433 g/mol. The van der Waals surface area contributed by atoms with Crippen LogP contribution in [0.25, 0.3) is 10.4 Å². The second kappa shape index (κ2) is 8.57. The van der Waals surface area contributed by atoms with Crippen molar-refractivity contribution in [3.8, 4) is 22.2 Å². The number of anilines is 2. The number of aromatic hydroxyl groups is 2. The molecule has 0 bridgehead atoms. The van der Waals surface area contributed by atoms with E-state index in [9.17, 15) is 15.0 Å². The SMILES string of the molecule is CN(C)c1cc(O)n(Cc2ccc(C(=O)Nc3cccc(-c4cccs4)c3)cc2)c1O. The number of amides is 1. The van der Waals surface area contributed by atoms with Crippen molar-refractivity contribution in [1.82, 2.24) is 4.57 Å². The largest absolute Gasteiger partial charge is 0.494 e. The van der Waals surface area contributed by atoms with Gasteiger partial charge in [-0.2, -0.15) is 0 Å². The topological polar surface area (TPSA) is 77.7 Å². The molecule has 7 heteroatoms. The van der Waals surface area contributed by atoms with Crippen LogP contribution in [0.2, 0.25) is 0 Å². The van der Waals surface area contributed by atoms with Crippen LogP contribution in [-0.2, 0) is 6.54 Å². The summed E-state index contributed by atoms with van der Waals surface area (Å²) in [6.07, 6.45) is 0. The van der Waals surface area contributed by atoms with Crippen LogP contribution in [0.1, 0.15) is 15.9 Å². The van der Waals surface area contributed by atoms with Crippen LogP contribution >= 0.6 is 11.3 Å². The molecule has 0 aliphatic heterocycles. The van der Waals surface area contributed by atoms with Gasteiger partial charge in [-0.05, 0) is 46.8 Å². The average molecular weight is 434 g/mol. The van der Waals surface area contributed by atoms with Crippen molar-refractivity contribution in [3.05, 3.63) is 83.2 Å². The van der Waals surface area contributed by atoms with Crippen LogP contribution in [0.4, 0.5) is 11.4 Å². The summed E-state index contributed by atoms with van der Waals surface area (Å²) in [4.78, 5) is 15.5. The van der Waals surface area contributed by atoms with E-state index in [1.54, 1.807) is 42.5 Å². The van der Waals surface area contributed by atoms with Crippen molar-refractivity contribution in [1.29, 1.82) is 0 Å². The van der Waals surface area contributed by atoms with E-state index in [2.05, 4.69) is 5.32 Å². The lowest BCUT2D eigenvalue weighted by Gasteiger charge is -2.12. The Morgan fingerprint density at radius 3 is 2.45 bits per heavy atom. The highest BCUT2D eigenvalue weighted by molar-refractivity contribution is 7.13. The smallest absolute Gasteiger partial charge is 0.255 e. The van der Waals surface area contributed by atoms with Crippen molar-refractivity contribution in [2.24, 2.45) is 0 Å². The Hall–Kier alpha value is -3.71. The molecular formula is C24H23N3O3S. The first-order chi connectivity index (χ1) is 14.9. The average Bonchev–Trinajstić information content (AvgIpc) is 3.39. The van der Waals surface area contributed by atoms with Crippen molar-refractivity contribution < 1.29 is 15.0 Å². The zero-order valence-electron chi connectivity index (χ0n) is 17.2. The summed E-state index contributed by atoms with van der Waals surface area (Å²) in [6.45, 7) is 0.288. The van der Waals surface area contributed by atoms with Crippen LogP contribution in [0.15, 0.2) is 72.1 Å². The summed E-state index contributed by atoms with van der Waals surface area (Å²) >= 11 is 1.65. The number of rotatable bonds is 6. The minimum atomic E-state index is -0.198. The van der Waals surface area contributed by atoms with Gasteiger partial charge in [0.25, 0.3) is 5.91 Å². The minimum Gasteiger partial charge on any atom is -0.494 e. The third kappa shape index (κ3) is 4.41. The Morgan fingerprint density at radius 2 is 1.81 bits per heavy atom. The molecule has 0 unspecified atom stereocenters. The highest BCUT2D eigenvalue weighted by Gasteiger charge is 2.16. The molecule has 1 amide bonds. The third-order valence-electron chi connectivity index (χ3n) is 4.99. The van der Waals surface area contributed by atoms with E-state index in [1.807, 2.05) is 53.9 Å². The van der Waals surface area contributed by atoms with Gasteiger partial charge in [0, 0.05) is 36.3 Å². The second-order valence-electron chi connectivity index (χ2n) is 7.40. The van der Waals surface area contributed by atoms with Gasteiger partial charge in [-0.3, -0.25) is 9.36 Å². The molecule has 0 aliphatic carbocycles. The predicted octanol–water partition coefficient (Wildman–Crippen LogP) is 4.99. The maximum atomic E-state index is 12.7. The molecule has 0 aliphatic rings. The van der Waals surface area contributed by atoms with Gasteiger partial charge in [0.05, 0.1) is 6.54 Å². The fourth-order valence-electron chi connectivity index (χ4n) is 3.34. The van der Waals surface area contributed by atoms with E-state index in [-0.39, 0.29) is 24.2 Å². The van der Waals surface area contributed by atoms with E-state index in [0.717, 1.165) is 21.7 Å². The quantitative estimate of drug-likeness (QED) is 0.400. The molecule has 31 heavy (non-hydrogen) atoms. The molecule has 4 rings (SSSR count). The van der Waals surface area contributed by atoms with Gasteiger partial charge in [0.2, 0.25) is 5.88 Å². The lowest BCUT2D eigenvalue weighted by molar-refractivity contribution is 0.102. The maximum absolute atomic E-state index is 12.7. The summed E-state index contributed by atoms with van der Waals surface area (Å²) in [6, 6.07) is 20.4. The number of hydrogen-bond donors (Lipinski definition) is 3. The van der Waals surface area contributed by atoms with Crippen molar-refractivity contribution in [2.45, 2.75) is 6.54 Å². The molecule has 158 valence electrons. The van der Waals surface area contributed by atoms with E-state index < -0.39 is 0 Å². The van der Waals surface area contributed by atoms with Crippen LogP contribution in [0.3, 0.4) is 0 Å². The van der Waals surface area contributed by atoms with Crippen molar-refractivity contribution >= 4 is 28.6 Å². The van der Waals surface area contributed by atoms with Gasteiger partial charge < -0.3 is 20.4 Å². The van der Waals surface area contributed by atoms with E-state index >= 15 is 0 Å². The van der Waals surface area contributed by atoms with Crippen LogP contribution in [-0.4, -0.2) is 34.8 Å². The highest BCUT2D eigenvalue weighted by Crippen LogP contribution is 2.34. The van der Waals surface area contributed by atoms with Crippen molar-refractivity contribution in [3.63, 3.8) is 0 Å². The third-order valence-corrected chi connectivity index (χ3v) is 5.91. The molecule has 2 aromatic carbocycles. The minimum absolute atomic E-state index is 0.00468. The van der Waals surface area contributed by atoms with Crippen molar-refractivity contribution in [2.75, 3.05) is 24.3 Å². The summed E-state index contributed by atoms with van der Waals surface area (Å²) in [7, 11) is 3.59. The van der Waals surface area contributed by atoms with Gasteiger partial charge in [-0.15, -0.1) is 11.3 Å². The molecule has 0 saturated heterocycles. The summed E-state index contributed by atoms with van der Waals surface area (Å²) < 4.78 is 1.42. The summed E-state index contributed by atoms with van der Waals surface area (Å²) in [5.41, 5.74) is 3.71. The zero-order chi connectivity index (χ0) is 22.0. The van der Waals surface area contributed by atoms with Gasteiger partial charge in [0.15, 0.2) is 5.88 Å². The Balaban J connectivity index is 1.46. The first kappa shape index (κ1) is 20.6. The maximum Gasteiger partial charge on any atom is 0.255 e. The number of nitrogens with zero attached hydrogens (tertiary/aromatic N) is 2. The van der Waals surface area contributed by atoms with Crippen LogP contribution in [0, 0.1) is 0 Å². The zero-order valence-corrected chi connectivity index (χ0v) is 18.1. The molecule has 2 heterocycles. The number of benzene rings is 2. The number of aromatic nitrogens is 1. The van der Waals surface area contributed by atoms with Crippen LogP contribution < -0.4 is 10.2 Å². The lowest BCUT2D eigenvalue weighted by Crippen LogP contribution is -2.12. The van der Waals surface area contributed by atoms with Gasteiger partial charge >= 0.3 is 0 Å². The molecule has 0 spiro atoms.